The van der Waals surface area contributed by atoms with Gasteiger partial charge in [0.15, 0.2) is 0 Å². The van der Waals surface area contributed by atoms with E-state index in [1.165, 1.54) is 31.4 Å². The highest BCUT2D eigenvalue weighted by Crippen LogP contribution is 2.42. The van der Waals surface area contributed by atoms with E-state index in [0.29, 0.717) is 12.5 Å². The van der Waals surface area contributed by atoms with Crippen LogP contribution < -0.4 is 10.6 Å². The fourth-order valence-corrected chi connectivity index (χ4v) is 4.07. The molecule has 0 aromatic heterocycles. The first-order valence-corrected chi connectivity index (χ1v) is 9.11. The van der Waals surface area contributed by atoms with E-state index < -0.39 is 0 Å². The summed E-state index contributed by atoms with van der Waals surface area (Å²) < 4.78 is 13.1. The zero-order valence-corrected chi connectivity index (χ0v) is 14.6. The molecule has 0 bridgehead atoms. The third kappa shape index (κ3) is 3.01. The van der Waals surface area contributed by atoms with Crippen molar-refractivity contribution in [2.24, 2.45) is 10.9 Å². The summed E-state index contributed by atoms with van der Waals surface area (Å²) >= 11 is 0. The molecule has 0 amide bonds. The van der Waals surface area contributed by atoms with Crippen LogP contribution in [0.2, 0.25) is 0 Å². The maximum Gasteiger partial charge on any atom is 0.127 e. The highest BCUT2D eigenvalue weighted by Gasteiger charge is 2.45. The fraction of sp³-hybridized carbons (Fsp3) is 0.381. The molecule has 1 aliphatic carbocycles. The lowest BCUT2D eigenvalue weighted by Crippen LogP contribution is -2.58. The normalized spacial score (nSPS) is 26.8. The smallest absolute Gasteiger partial charge is 0.127 e. The van der Waals surface area contributed by atoms with E-state index in [0.717, 1.165) is 29.2 Å². The minimum Gasteiger partial charge on any atom is -0.371 e. The van der Waals surface area contributed by atoms with Crippen LogP contribution >= 0.6 is 0 Å². The highest BCUT2D eigenvalue weighted by molar-refractivity contribution is 6.09. The summed E-state index contributed by atoms with van der Waals surface area (Å²) in [5.41, 5.74) is 3.11. The second-order valence-electron chi connectivity index (χ2n) is 7.21. The number of nitrogens with one attached hydrogen (secondary N) is 2. The molecule has 25 heavy (non-hydrogen) atoms. The summed E-state index contributed by atoms with van der Waals surface area (Å²) in [6.07, 6.45) is 4.76. The standard InChI is InChI=1S/C21H24FN3/c1-15-6-4-5-13-21(15)20(23-14-16-9-11-17(22)12-10-16)24-18-7-2-3-8-19(18)25-21/h2-3,7-12,15,25H,4-6,13-14H2,1H3,(H,23,24). The van der Waals surface area contributed by atoms with E-state index in [2.05, 4.69) is 35.8 Å². The van der Waals surface area contributed by atoms with Crippen molar-refractivity contribution in [1.29, 1.82) is 0 Å². The van der Waals surface area contributed by atoms with Crippen LogP contribution in [0.5, 0.6) is 0 Å². The van der Waals surface area contributed by atoms with Crippen molar-refractivity contribution < 1.29 is 4.39 Å². The molecule has 1 aliphatic heterocycles. The third-order valence-corrected chi connectivity index (χ3v) is 5.59. The number of hydrogen-bond donors (Lipinski definition) is 2. The molecule has 1 spiro atoms. The second-order valence-corrected chi connectivity index (χ2v) is 7.21. The molecule has 1 heterocycles. The molecular formula is C21H24FN3. The summed E-state index contributed by atoms with van der Waals surface area (Å²) in [7, 11) is 0. The SMILES string of the molecule is CC1CCCCC12Nc1ccccc1NC2=NCc1ccc(F)cc1. The summed E-state index contributed by atoms with van der Waals surface area (Å²) in [5.74, 6) is 1.32. The Morgan fingerprint density at radius 2 is 1.84 bits per heavy atom. The molecule has 2 aliphatic rings. The number of rotatable bonds is 2. The molecule has 130 valence electrons. The van der Waals surface area contributed by atoms with Gasteiger partial charge < -0.3 is 10.6 Å². The Morgan fingerprint density at radius 3 is 2.60 bits per heavy atom. The molecule has 1 fully saturated rings. The minimum atomic E-state index is -0.208. The monoisotopic (exact) mass is 337 g/mol. The Kier molecular flexibility index (Phi) is 4.20. The molecule has 1 saturated carbocycles. The molecule has 4 heteroatoms. The van der Waals surface area contributed by atoms with Crippen molar-refractivity contribution in [3.05, 3.63) is 59.9 Å². The number of anilines is 2. The van der Waals surface area contributed by atoms with Gasteiger partial charge in [-0.25, -0.2) is 4.39 Å². The number of benzene rings is 2. The van der Waals surface area contributed by atoms with Crippen molar-refractivity contribution in [2.45, 2.75) is 44.7 Å². The molecule has 2 atom stereocenters. The third-order valence-electron chi connectivity index (χ3n) is 5.59. The Bertz CT molecular complexity index is 784. The summed E-state index contributed by atoms with van der Waals surface area (Å²) in [5, 5.41) is 7.39. The molecule has 2 aromatic carbocycles. The van der Waals surface area contributed by atoms with Crippen molar-refractivity contribution in [3.63, 3.8) is 0 Å². The first kappa shape index (κ1) is 16.1. The maximum atomic E-state index is 13.1. The first-order valence-electron chi connectivity index (χ1n) is 9.11. The number of fused-ring (bicyclic) bond motifs is 1. The van der Waals surface area contributed by atoms with Gasteiger partial charge in [0.2, 0.25) is 0 Å². The first-order chi connectivity index (χ1) is 12.2. The quantitative estimate of drug-likeness (QED) is 0.789. The van der Waals surface area contributed by atoms with Crippen LogP contribution in [0.4, 0.5) is 15.8 Å². The Morgan fingerprint density at radius 1 is 1.08 bits per heavy atom. The van der Waals surface area contributed by atoms with Gasteiger partial charge in [-0.05, 0) is 48.6 Å². The molecule has 0 saturated heterocycles. The van der Waals surface area contributed by atoms with Gasteiger partial charge in [-0.15, -0.1) is 0 Å². The zero-order chi connectivity index (χ0) is 17.3. The molecule has 0 radical (unpaired) electrons. The van der Waals surface area contributed by atoms with E-state index in [1.807, 2.05) is 6.07 Å². The van der Waals surface area contributed by atoms with Gasteiger partial charge in [0.05, 0.1) is 23.5 Å². The van der Waals surface area contributed by atoms with Crippen LogP contribution in [-0.2, 0) is 6.54 Å². The number of para-hydroxylation sites is 2. The van der Waals surface area contributed by atoms with Crippen LogP contribution in [0, 0.1) is 11.7 Å². The van der Waals surface area contributed by atoms with Crippen molar-refractivity contribution in [1.82, 2.24) is 0 Å². The Hall–Kier alpha value is -2.36. The topological polar surface area (TPSA) is 36.4 Å². The average molecular weight is 337 g/mol. The van der Waals surface area contributed by atoms with Gasteiger partial charge in [0.1, 0.15) is 11.7 Å². The minimum absolute atomic E-state index is 0.132. The van der Waals surface area contributed by atoms with Crippen molar-refractivity contribution >= 4 is 17.2 Å². The van der Waals surface area contributed by atoms with Gasteiger partial charge in [-0.3, -0.25) is 4.99 Å². The molecule has 4 rings (SSSR count). The summed E-state index contributed by atoms with van der Waals surface area (Å²) in [4.78, 5) is 4.93. The fourth-order valence-electron chi connectivity index (χ4n) is 4.07. The maximum absolute atomic E-state index is 13.1. The number of hydrogen-bond acceptors (Lipinski definition) is 2. The largest absolute Gasteiger partial charge is 0.371 e. The van der Waals surface area contributed by atoms with Crippen molar-refractivity contribution in [3.8, 4) is 0 Å². The summed E-state index contributed by atoms with van der Waals surface area (Å²) in [6, 6.07) is 14.9. The molecule has 2 aromatic rings. The van der Waals surface area contributed by atoms with E-state index >= 15 is 0 Å². The predicted octanol–water partition coefficient (Wildman–Crippen LogP) is 5.21. The number of halogens is 1. The number of aliphatic imine (C=N–C) groups is 1. The number of amidine groups is 1. The van der Waals surface area contributed by atoms with Gasteiger partial charge in [0.25, 0.3) is 0 Å². The highest BCUT2D eigenvalue weighted by atomic mass is 19.1. The van der Waals surface area contributed by atoms with Crippen LogP contribution in [0.15, 0.2) is 53.5 Å². The van der Waals surface area contributed by atoms with Crippen LogP contribution in [-0.4, -0.2) is 11.4 Å². The van der Waals surface area contributed by atoms with Gasteiger partial charge in [0, 0.05) is 0 Å². The lowest BCUT2D eigenvalue weighted by molar-refractivity contribution is 0.296. The number of nitrogens with zero attached hydrogens (tertiary/aromatic N) is 1. The van der Waals surface area contributed by atoms with E-state index in [-0.39, 0.29) is 11.4 Å². The molecular weight excluding hydrogens is 313 g/mol. The lowest BCUT2D eigenvalue weighted by Gasteiger charge is -2.48. The Balaban J connectivity index is 1.69. The van der Waals surface area contributed by atoms with Crippen LogP contribution in [0.25, 0.3) is 0 Å². The van der Waals surface area contributed by atoms with Gasteiger partial charge in [-0.2, -0.15) is 0 Å². The Labute approximate surface area is 148 Å². The average Bonchev–Trinajstić information content (AvgIpc) is 2.64. The molecule has 3 nitrogen and oxygen atoms in total. The molecule has 2 N–H and O–H groups in total. The van der Waals surface area contributed by atoms with E-state index in [1.54, 1.807) is 12.1 Å². The lowest BCUT2D eigenvalue weighted by atomic mass is 9.71. The van der Waals surface area contributed by atoms with Gasteiger partial charge >= 0.3 is 0 Å². The zero-order valence-electron chi connectivity index (χ0n) is 14.6. The van der Waals surface area contributed by atoms with Crippen LogP contribution in [0.1, 0.15) is 38.2 Å². The summed E-state index contributed by atoms with van der Waals surface area (Å²) in [6.45, 7) is 2.87. The molecule has 2 unspecified atom stereocenters. The van der Waals surface area contributed by atoms with E-state index in [9.17, 15) is 4.39 Å². The second kappa shape index (κ2) is 6.51. The predicted molar refractivity (Wildman–Crippen MR) is 102 cm³/mol. The van der Waals surface area contributed by atoms with Crippen molar-refractivity contribution in [2.75, 3.05) is 10.6 Å². The van der Waals surface area contributed by atoms with Crippen LogP contribution in [0.3, 0.4) is 0 Å². The van der Waals surface area contributed by atoms with Gasteiger partial charge in [-0.1, -0.05) is 44.0 Å². The van der Waals surface area contributed by atoms with E-state index in [4.69, 9.17) is 4.99 Å².